The molecule has 0 bridgehead atoms. The van der Waals surface area contributed by atoms with Crippen LogP contribution in [0.2, 0.25) is 0 Å². The summed E-state index contributed by atoms with van der Waals surface area (Å²) in [6, 6.07) is -1.06. The van der Waals surface area contributed by atoms with E-state index >= 15 is 0 Å². The minimum absolute atomic E-state index is 0.361. The maximum absolute atomic E-state index is 7.89. The van der Waals surface area contributed by atoms with Crippen LogP contribution >= 0.6 is 0 Å². The van der Waals surface area contributed by atoms with E-state index in [9.17, 15) is 0 Å². The Morgan fingerprint density at radius 3 is 2.00 bits per heavy atom. The lowest BCUT2D eigenvalue weighted by molar-refractivity contribution is 0.155. The molecule has 0 heterocycles. The van der Waals surface area contributed by atoms with E-state index in [0.717, 1.165) is 0 Å². The van der Waals surface area contributed by atoms with Crippen LogP contribution in [0.25, 0.3) is 0 Å². The second-order valence-electron chi connectivity index (χ2n) is 0.750. The quantitative estimate of drug-likeness (QED) is 0.369. The van der Waals surface area contributed by atoms with Crippen LogP contribution in [-0.4, -0.2) is 30.7 Å². The van der Waals surface area contributed by atoms with Crippen molar-refractivity contribution in [3.8, 4) is 0 Å². The Hall–Kier alpha value is -0.0151. The number of aliphatic hydroxyl groups is 2. The predicted molar refractivity (Wildman–Crippen MR) is 18.8 cm³/mol. The SMILES string of the molecule is [B]C(O)CO. The van der Waals surface area contributed by atoms with Gasteiger partial charge < -0.3 is 10.2 Å². The third-order valence-electron chi connectivity index (χ3n) is 0.187. The highest BCUT2D eigenvalue weighted by molar-refractivity contribution is 6.10. The third-order valence-corrected chi connectivity index (χ3v) is 0.187. The lowest BCUT2D eigenvalue weighted by Crippen LogP contribution is -2.09. The molecule has 0 saturated heterocycles. The molecule has 0 aliphatic carbocycles. The minimum Gasteiger partial charge on any atom is -0.401 e. The number of aliphatic hydroxyl groups excluding tert-OH is 2. The van der Waals surface area contributed by atoms with Crippen LogP contribution in [0.15, 0.2) is 0 Å². The molecule has 2 nitrogen and oxygen atoms in total. The monoisotopic (exact) mass is 72.0 g/mol. The van der Waals surface area contributed by atoms with Crippen molar-refractivity contribution in [3.05, 3.63) is 0 Å². The topological polar surface area (TPSA) is 40.5 Å². The predicted octanol–water partition coefficient (Wildman–Crippen LogP) is -1.53. The summed E-state index contributed by atoms with van der Waals surface area (Å²) < 4.78 is 0. The molecule has 1 atom stereocenters. The molecule has 0 saturated carbocycles. The first-order chi connectivity index (χ1) is 2.27. The molecule has 2 N–H and O–H groups in total. The van der Waals surface area contributed by atoms with Gasteiger partial charge >= 0.3 is 0 Å². The van der Waals surface area contributed by atoms with Gasteiger partial charge in [0.25, 0.3) is 0 Å². The first-order valence-electron chi connectivity index (χ1n) is 1.32. The Morgan fingerprint density at radius 2 is 2.00 bits per heavy atom. The van der Waals surface area contributed by atoms with E-state index in [1.165, 1.54) is 0 Å². The summed E-state index contributed by atoms with van der Waals surface area (Å²) in [5.41, 5.74) is 0. The largest absolute Gasteiger partial charge is 0.401 e. The van der Waals surface area contributed by atoms with E-state index in [2.05, 4.69) is 7.85 Å². The normalized spacial score (nSPS) is 14.8. The van der Waals surface area contributed by atoms with Crippen molar-refractivity contribution in [2.24, 2.45) is 0 Å². The summed E-state index contributed by atoms with van der Waals surface area (Å²) in [6.07, 6.45) is 0. The Morgan fingerprint density at radius 1 is 1.80 bits per heavy atom. The fraction of sp³-hybridized carbons (Fsp3) is 1.00. The van der Waals surface area contributed by atoms with Crippen LogP contribution in [0, 0.1) is 0 Å². The minimum atomic E-state index is -1.06. The second kappa shape index (κ2) is 2.24. The Bertz CT molecular complexity index is 21.6. The molecule has 0 aliphatic heterocycles. The highest BCUT2D eigenvalue weighted by Gasteiger charge is 1.83. The Kier molecular flexibility index (Phi) is 2.23. The van der Waals surface area contributed by atoms with Crippen LogP contribution in [0.3, 0.4) is 0 Å². The van der Waals surface area contributed by atoms with Gasteiger partial charge in [-0.15, -0.1) is 0 Å². The third kappa shape index (κ3) is 3.98. The fourth-order valence-electron chi connectivity index (χ4n) is 0. The van der Waals surface area contributed by atoms with Gasteiger partial charge in [-0.25, -0.2) is 0 Å². The molecule has 0 spiro atoms. The molecule has 0 aliphatic rings. The van der Waals surface area contributed by atoms with Gasteiger partial charge in [0.2, 0.25) is 0 Å². The van der Waals surface area contributed by atoms with Gasteiger partial charge in [-0.3, -0.25) is 0 Å². The molecule has 1 unspecified atom stereocenters. The van der Waals surface area contributed by atoms with Crippen LogP contribution in [0.1, 0.15) is 0 Å². The Labute approximate surface area is 31.8 Å². The zero-order valence-corrected chi connectivity index (χ0v) is 2.76. The highest BCUT2D eigenvalue weighted by atomic mass is 16.3. The maximum Gasteiger partial charge on any atom is 0.111 e. The van der Waals surface area contributed by atoms with Gasteiger partial charge in [-0.1, -0.05) is 0 Å². The van der Waals surface area contributed by atoms with Gasteiger partial charge in [0, 0.05) is 6.00 Å². The summed E-state index contributed by atoms with van der Waals surface area (Å²) in [5, 5.41) is 15.7. The van der Waals surface area contributed by atoms with E-state index in [-0.39, 0.29) is 6.61 Å². The summed E-state index contributed by atoms with van der Waals surface area (Å²) in [4.78, 5) is 0. The molecule has 5 heavy (non-hydrogen) atoms. The molecular weight excluding hydrogens is 66.8 g/mol. The molecule has 0 fully saturated rings. The van der Waals surface area contributed by atoms with Gasteiger partial charge in [-0.05, 0) is 0 Å². The van der Waals surface area contributed by atoms with Crippen molar-refractivity contribution in [2.75, 3.05) is 6.61 Å². The maximum atomic E-state index is 7.89. The van der Waals surface area contributed by atoms with Crippen molar-refractivity contribution in [3.63, 3.8) is 0 Å². The van der Waals surface area contributed by atoms with Crippen molar-refractivity contribution in [1.82, 2.24) is 0 Å². The van der Waals surface area contributed by atoms with Crippen molar-refractivity contribution < 1.29 is 10.2 Å². The zero-order chi connectivity index (χ0) is 4.28. The van der Waals surface area contributed by atoms with Gasteiger partial charge in [-0.2, -0.15) is 0 Å². The second-order valence-corrected chi connectivity index (χ2v) is 0.750. The van der Waals surface area contributed by atoms with Crippen LogP contribution in [0.4, 0.5) is 0 Å². The average Bonchev–Trinajstić information content (AvgIpc) is 1.38. The van der Waals surface area contributed by atoms with E-state index in [1.807, 2.05) is 0 Å². The van der Waals surface area contributed by atoms with Crippen molar-refractivity contribution >= 4 is 7.85 Å². The summed E-state index contributed by atoms with van der Waals surface area (Å²) >= 11 is 0. The molecule has 0 amide bonds. The smallest absolute Gasteiger partial charge is 0.111 e. The number of hydrogen-bond donors (Lipinski definition) is 2. The first kappa shape index (κ1) is 4.98. The standard InChI is InChI=1S/C2H5BO2/c3-2(5)1-4/h2,4-5H,1H2. The fourth-order valence-corrected chi connectivity index (χ4v) is 0. The molecule has 0 aromatic carbocycles. The molecule has 2 radical (unpaired) electrons. The summed E-state index contributed by atoms with van der Waals surface area (Å²) in [6.45, 7) is -0.361. The lowest BCUT2D eigenvalue weighted by atomic mass is 10.0. The van der Waals surface area contributed by atoms with Gasteiger partial charge in [0.05, 0.1) is 6.61 Å². The molecule has 3 heteroatoms. The Balaban J connectivity index is 2.54. The molecule has 28 valence electrons. The van der Waals surface area contributed by atoms with E-state index in [1.54, 1.807) is 0 Å². The van der Waals surface area contributed by atoms with Crippen LogP contribution in [0.5, 0.6) is 0 Å². The van der Waals surface area contributed by atoms with Crippen molar-refractivity contribution in [2.45, 2.75) is 6.00 Å². The zero-order valence-electron chi connectivity index (χ0n) is 2.76. The van der Waals surface area contributed by atoms with Gasteiger partial charge in [0.1, 0.15) is 7.85 Å². The molecule has 0 aromatic heterocycles. The summed E-state index contributed by atoms with van der Waals surface area (Å²) in [7, 11) is 4.60. The average molecular weight is 71.9 g/mol. The molecule has 0 aromatic rings. The molecule has 0 rings (SSSR count). The first-order valence-corrected chi connectivity index (χ1v) is 1.32. The number of rotatable bonds is 1. The highest BCUT2D eigenvalue weighted by Crippen LogP contribution is 1.61. The van der Waals surface area contributed by atoms with Crippen LogP contribution in [-0.2, 0) is 0 Å². The van der Waals surface area contributed by atoms with E-state index in [0.29, 0.717) is 0 Å². The van der Waals surface area contributed by atoms with E-state index < -0.39 is 6.00 Å². The summed E-state index contributed by atoms with van der Waals surface area (Å²) in [5.74, 6) is 0. The van der Waals surface area contributed by atoms with E-state index in [4.69, 9.17) is 10.2 Å². The number of hydrogen-bond acceptors (Lipinski definition) is 2. The van der Waals surface area contributed by atoms with Crippen molar-refractivity contribution in [1.29, 1.82) is 0 Å². The lowest BCUT2D eigenvalue weighted by Gasteiger charge is -1.90. The molecular formula is C2H5BO2. The van der Waals surface area contributed by atoms with Crippen LogP contribution < -0.4 is 0 Å². The van der Waals surface area contributed by atoms with Gasteiger partial charge in [0.15, 0.2) is 0 Å².